The van der Waals surface area contributed by atoms with Gasteiger partial charge in [0, 0.05) is 24.6 Å². The van der Waals surface area contributed by atoms with Crippen molar-refractivity contribution in [2.45, 2.75) is 53.4 Å². The van der Waals surface area contributed by atoms with E-state index < -0.39 is 0 Å². The van der Waals surface area contributed by atoms with Gasteiger partial charge < -0.3 is 4.90 Å². The lowest BCUT2D eigenvalue weighted by atomic mass is 9.96. The number of aromatic nitrogens is 2. The van der Waals surface area contributed by atoms with Crippen molar-refractivity contribution in [1.82, 2.24) is 9.97 Å². The molecule has 1 heterocycles. The molecule has 0 aliphatic carbocycles. The van der Waals surface area contributed by atoms with Gasteiger partial charge in [-0.2, -0.15) is 0 Å². The fourth-order valence-electron chi connectivity index (χ4n) is 1.79. The highest BCUT2D eigenvalue weighted by Gasteiger charge is 2.20. The molecule has 0 spiro atoms. The van der Waals surface area contributed by atoms with Gasteiger partial charge in [0.1, 0.15) is 16.2 Å². The molecule has 0 radical (unpaired) electrons. The van der Waals surface area contributed by atoms with Crippen LogP contribution < -0.4 is 4.90 Å². The molecule has 0 aliphatic heterocycles. The summed E-state index contributed by atoms with van der Waals surface area (Å²) in [5.74, 6) is 2.58. The van der Waals surface area contributed by atoms with E-state index in [-0.39, 0.29) is 5.41 Å². The Morgan fingerprint density at radius 1 is 1.26 bits per heavy atom. The third kappa shape index (κ3) is 4.75. The van der Waals surface area contributed by atoms with Gasteiger partial charge in [-0.25, -0.2) is 9.97 Å². The highest BCUT2D eigenvalue weighted by atomic mass is 79.9. The van der Waals surface area contributed by atoms with E-state index in [1.165, 1.54) is 6.42 Å². The summed E-state index contributed by atoms with van der Waals surface area (Å²) >= 11 is 3.51. The normalized spacial score (nSPS) is 13.4. The van der Waals surface area contributed by atoms with E-state index in [2.05, 4.69) is 67.4 Å². The zero-order valence-corrected chi connectivity index (χ0v) is 14.6. The second-order valence-electron chi connectivity index (χ2n) is 6.17. The van der Waals surface area contributed by atoms with Crippen LogP contribution in [0.15, 0.2) is 10.7 Å². The van der Waals surface area contributed by atoms with E-state index in [1.807, 2.05) is 6.07 Å². The van der Waals surface area contributed by atoms with Gasteiger partial charge in [-0.05, 0) is 28.8 Å². The molecule has 0 saturated heterocycles. The number of rotatable bonds is 5. The van der Waals surface area contributed by atoms with Crippen molar-refractivity contribution in [3.8, 4) is 0 Å². The molecule has 0 amide bonds. The molecule has 0 bridgehead atoms. The molecule has 108 valence electrons. The van der Waals surface area contributed by atoms with Crippen LogP contribution in [0.1, 0.15) is 53.8 Å². The van der Waals surface area contributed by atoms with E-state index in [4.69, 9.17) is 4.98 Å². The molecule has 1 aromatic rings. The molecule has 0 saturated carbocycles. The molecule has 0 aromatic carbocycles. The van der Waals surface area contributed by atoms with Crippen LogP contribution in [0.3, 0.4) is 0 Å². The van der Waals surface area contributed by atoms with Gasteiger partial charge in [0.15, 0.2) is 0 Å². The Bertz CT molecular complexity index is 412. The first-order valence-corrected chi connectivity index (χ1v) is 7.87. The predicted molar refractivity (Wildman–Crippen MR) is 85.8 cm³/mol. The van der Waals surface area contributed by atoms with Crippen LogP contribution in [0, 0.1) is 5.92 Å². The summed E-state index contributed by atoms with van der Waals surface area (Å²) in [6.07, 6.45) is 1.19. The number of hydrogen-bond donors (Lipinski definition) is 0. The molecule has 1 atom stereocenters. The second kappa shape index (κ2) is 6.69. The monoisotopic (exact) mass is 327 g/mol. The summed E-state index contributed by atoms with van der Waals surface area (Å²) in [5.41, 5.74) is -0.0334. The van der Waals surface area contributed by atoms with Gasteiger partial charge in [0.25, 0.3) is 0 Å². The lowest BCUT2D eigenvalue weighted by Crippen LogP contribution is -2.30. The van der Waals surface area contributed by atoms with Gasteiger partial charge in [0.05, 0.1) is 0 Å². The molecule has 0 aliphatic rings. The van der Waals surface area contributed by atoms with Crippen LogP contribution in [0.4, 0.5) is 5.82 Å². The molecule has 3 nitrogen and oxygen atoms in total. The summed E-state index contributed by atoms with van der Waals surface area (Å²) in [7, 11) is 0. The number of anilines is 1. The second-order valence-corrected chi connectivity index (χ2v) is 6.99. The van der Waals surface area contributed by atoms with Crippen molar-refractivity contribution in [2.24, 2.45) is 5.92 Å². The lowest BCUT2D eigenvalue weighted by molar-refractivity contribution is 0.529. The summed E-state index contributed by atoms with van der Waals surface area (Å²) in [5, 5.41) is 0. The van der Waals surface area contributed by atoms with E-state index in [0.29, 0.717) is 5.92 Å². The molecular formula is C15H26BrN3. The van der Waals surface area contributed by atoms with Gasteiger partial charge in [-0.3, -0.25) is 0 Å². The van der Waals surface area contributed by atoms with Crippen molar-refractivity contribution in [3.05, 3.63) is 16.5 Å². The van der Waals surface area contributed by atoms with E-state index in [9.17, 15) is 0 Å². The molecule has 0 fully saturated rings. The predicted octanol–water partition coefficient (Wildman–Crippen LogP) is 4.41. The summed E-state index contributed by atoms with van der Waals surface area (Å²) < 4.78 is 0.866. The van der Waals surface area contributed by atoms with Crippen molar-refractivity contribution in [2.75, 3.05) is 18.0 Å². The minimum absolute atomic E-state index is 0.0334. The SMILES string of the molecule is CCC(C)CN(CC)c1cc(Br)nc(C(C)(C)C)n1. The smallest absolute Gasteiger partial charge is 0.137 e. The average Bonchev–Trinajstić information content (AvgIpc) is 2.33. The molecule has 0 N–H and O–H groups in total. The van der Waals surface area contributed by atoms with Gasteiger partial charge >= 0.3 is 0 Å². The fraction of sp³-hybridized carbons (Fsp3) is 0.733. The molecule has 1 rings (SSSR count). The highest BCUT2D eigenvalue weighted by Crippen LogP contribution is 2.24. The number of hydrogen-bond acceptors (Lipinski definition) is 3. The maximum atomic E-state index is 4.75. The Morgan fingerprint density at radius 2 is 1.89 bits per heavy atom. The quantitative estimate of drug-likeness (QED) is 0.750. The molecule has 1 unspecified atom stereocenters. The van der Waals surface area contributed by atoms with E-state index >= 15 is 0 Å². The lowest BCUT2D eigenvalue weighted by Gasteiger charge is -2.27. The fourth-order valence-corrected chi connectivity index (χ4v) is 2.17. The molecule has 1 aromatic heterocycles. The Morgan fingerprint density at radius 3 is 2.37 bits per heavy atom. The molecule has 19 heavy (non-hydrogen) atoms. The minimum atomic E-state index is -0.0334. The van der Waals surface area contributed by atoms with Crippen molar-refractivity contribution >= 4 is 21.7 Å². The third-order valence-electron chi connectivity index (χ3n) is 3.29. The topological polar surface area (TPSA) is 29.0 Å². The van der Waals surface area contributed by atoms with E-state index in [0.717, 1.165) is 29.3 Å². The Hall–Kier alpha value is -0.640. The van der Waals surface area contributed by atoms with E-state index in [1.54, 1.807) is 0 Å². The third-order valence-corrected chi connectivity index (χ3v) is 3.69. The number of nitrogens with zero attached hydrogens (tertiary/aromatic N) is 3. The average molecular weight is 328 g/mol. The van der Waals surface area contributed by atoms with Crippen LogP contribution in [0.5, 0.6) is 0 Å². The zero-order valence-electron chi connectivity index (χ0n) is 13.0. The molecular weight excluding hydrogens is 302 g/mol. The first kappa shape index (κ1) is 16.4. The van der Waals surface area contributed by atoms with Crippen LogP contribution >= 0.6 is 15.9 Å². The summed E-state index contributed by atoms with van der Waals surface area (Å²) in [6, 6.07) is 2.02. The van der Waals surface area contributed by atoms with Gasteiger partial charge in [-0.15, -0.1) is 0 Å². The largest absolute Gasteiger partial charge is 0.356 e. The maximum Gasteiger partial charge on any atom is 0.137 e. The van der Waals surface area contributed by atoms with Crippen molar-refractivity contribution < 1.29 is 0 Å². The first-order chi connectivity index (χ1) is 8.77. The molecule has 4 heteroatoms. The summed E-state index contributed by atoms with van der Waals surface area (Å²) in [4.78, 5) is 11.6. The van der Waals surface area contributed by atoms with Crippen LogP contribution in [0.25, 0.3) is 0 Å². The van der Waals surface area contributed by atoms with Crippen LogP contribution in [-0.4, -0.2) is 23.1 Å². The maximum absolute atomic E-state index is 4.75. The first-order valence-electron chi connectivity index (χ1n) is 7.07. The highest BCUT2D eigenvalue weighted by molar-refractivity contribution is 9.10. The van der Waals surface area contributed by atoms with Crippen LogP contribution in [0.2, 0.25) is 0 Å². The zero-order chi connectivity index (χ0) is 14.6. The van der Waals surface area contributed by atoms with Gasteiger partial charge in [0.2, 0.25) is 0 Å². The minimum Gasteiger partial charge on any atom is -0.356 e. The Kier molecular flexibility index (Phi) is 5.78. The van der Waals surface area contributed by atoms with Gasteiger partial charge in [-0.1, -0.05) is 41.0 Å². The Balaban J connectivity index is 3.07. The van der Waals surface area contributed by atoms with Crippen molar-refractivity contribution in [3.63, 3.8) is 0 Å². The van der Waals surface area contributed by atoms with Crippen molar-refractivity contribution in [1.29, 1.82) is 0 Å². The summed E-state index contributed by atoms with van der Waals surface area (Å²) in [6.45, 7) is 15.1. The number of halogens is 1. The standard InChI is InChI=1S/C15H26BrN3/c1-7-11(3)10-19(8-2)13-9-12(16)17-14(18-13)15(4,5)6/h9,11H,7-8,10H2,1-6H3. The Labute approximate surface area is 126 Å². The van der Waals surface area contributed by atoms with Crippen LogP contribution in [-0.2, 0) is 5.41 Å².